The predicted molar refractivity (Wildman–Crippen MR) is 136 cm³/mol. The van der Waals surface area contributed by atoms with Crippen molar-refractivity contribution in [3.05, 3.63) is 80.6 Å². The highest BCUT2D eigenvalue weighted by atomic mass is 32.1. The molecular formula is C29H25NO6S. The van der Waals surface area contributed by atoms with E-state index in [1.807, 2.05) is 23.6 Å². The summed E-state index contributed by atoms with van der Waals surface area (Å²) in [5.41, 5.74) is 2.31. The molecule has 0 radical (unpaired) electrons. The Morgan fingerprint density at radius 1 is 1.08 bits per heavy atom. The Morgan fingerprint density at radius 3 is 2.62 bits per heavy atom. The number of methoxy groups -OCH3 is 1. The number of carbonyl (C=O) groups is 4. The standard InChI is InChI=1S/C29H25NO6S/c1-14-11-21(31)20-12-19-16(23(25(20)26(14)32)17-6-3-7-22(36-2)27(17)33)8-9-18-24(19)29(35)30(28(18)34)13-15-5-4-10-37-15/h3-8,10-11,18-19,23-24,33H,9,12-13H2,1-2H3/t18-,19+,23+,24-/m0/s1. The number of fused-ring (bicyclic) bond motifs is 3. The summed E-state index contributed by atoms with van der Waals surface area (Å²) in [6.07, 6.45) is 3.88. The lowest BCUT2D eigenvalue weighted by molar-refractivity contribution is -0.140. The maximum Gasteiger partial charge on any atom is 0.234 e. The van der Waals surface area contributed by atoms with Gasteiger partial charge in [0.2, 0.25) is 11.8 Å². The molecule has 0 unspecified atom stereocenters. The Balaban J connectivity index is 1.48. The van der Waals surface area contributed by atoms with Crippen LogP contribution in [0.25, 0.3) is 0 Å². The first-order valence-corrected chi connectivity index (χ1v) is 13.1. The number of hydrogen-bond acceptors (Lipinski definition) is 7. The number of rotatable bonds is 4. The number of allylic oxidation sites excluding steroid dienone is 6. The van der Waals surface area contributed by atoms with E-state index in [4.69, 9.17) is 4.74 Å². The van der Waals surface area contributed by atoms with E-state index in [0.29, 0.717) is 28.7 Å². The molecule has 0 spiro atoms. The van der Waals surface area contributed by atoms with Gasteiger partial charge in [-0.25, -0.2) is 0 Å². The number of aromatic hydroxyl groups is 1. The number of benzene rings is 1. The number of phenols is 1. The fraction of sp³-hybridized carbons (Fsp3) is 0.310. The van der Waals surface area contributed by atoms with Crippen molar-refractivity contribution in [2.24, 2.45) is 17.8 Å². The van der Waals surface area contributed by atoms with E-state index in [-0.39, 0.29) is 47.8 Å². The monoisotopic (exact) mass is 515 g/mol. The van der Waals surface area contributed by atoms with Gasteiger partial charge in [-0.15, -0.1) is 11.3 Å². The zero-order valence-electron chi connectivity index (χ0n) is 20.4. The summed E-state index contributed by atoms with van der Waals surface area (Å²) < 4.78 is 5.33. The van der Waals surface area contributed by atoms with Crippen LogP contribution in [0.1, 0.15) is 36.1 Å². The molecule has 1 aromatic heterocycles. The second kappa shape index (κ2) is 8.66. The van der Waals surface area contributed by atoms with Crippen LogP contribution in [-0.2, 0) is 25.7 Å². The SMILES string of the molecule is COc1cccc([C@H]2C3=CC[C@@H]4C(=O)N(Cc5cccs5)C(=O)[C@@H]4[C@@H]3CC3=C2C(=O)C(C)=CC3=O)c1O. The Hall–Kier alpha value is -3.78. The summed E-state index contributed by atoms with van der Waals surface area (Å²) >= 11 is 1.49. The van der Waals surface area contributed by atoms with Gasteiger partial charge < -0.3 is 9.84 Å². The van der Waals surface area contributed by atoms with Crippen LogP contribution in [-0.4, -0.2) is 40.5 Å². The molecule has 4 aliphatic rings. The van der Waals surface area contributed by atoms with E-state index in [1.54, 1.807) is 25.1 Å². The summed E-state index contributed by atoms with van der Waals surface area (Å²) in [7, 11) is 1.45. The van der Waals surface area contributed by atoms with Crippen LogP contribution in [0.5, 0.6) is 11.5 Å². The maximum atomic E-state index is 13.7. The number of carbonyl (C=O) groups excluding carboxylic acids is 4. The minimum Gasteiger partial charge on any atom is -0.504 e. The van der Waals surface area contributed by atoms with Gasteiger partial charge in [-0.2, -0.15) is 0 Å². The molecule has 0 saturated carbocycles. The molecule has 1 aromatic carbocycles. The van der Waals surface area contributed by atoms with E-state index < -0.39 is 23.7 Å². The summed E-state index contributed by atoms with van der Waals surface area (Å²) in [6, 6.07) is 8.87. The van der Waals surface area contributed by atoms with Gasteiger partial charge in [-0.05, 0) is 49.3 Å². The van der Waals surface area contributed by atoms with Gasteiger partial charge in [-0.3, -0.25) is 24.1 Å². The second-order valence-corrected chi connectivity index (χ2v) is 11.0. The zero-order valence-corrected chi connectivity index (χ0v) is 21.2. The third-order valence-electron chi connectivity index (χ3n) is 8.11. The van der Waals surface area contributed by atoms with Crippen LogP contribution in [0.3, 0.4) is 0 Å². The quantitative estimate of drug-likeness (QED) is 0.374. The van der Waals surface area contributed by atoms with Crippen molar-refractivity contribution in [2.45, 2.75) is 32.2 Å². The smallest absolute Gasteiger partial charge is 0.234 e. The largest absolute Gasteiger partial charge is 0.504 e. The lowest BCUT2D eigenvalue weighted by atomic mass is 9.59. The van der Waals surface area contributed by atoms with Gasteiger partial charge in [-0.1, -0.05) is 29.8 Å². The van der Waals surface area contributed by atoms with Crippen LogP contribution < -0.4 is 4.74 Å². The second-order valence-electron chi connectivity index (χ2n) is 9.97. The molecule has 0 bridgehead atoms. The van der Waals surface area contributed by atoms with E-state index in [2.05, 4.69) is 0 Å². The first kappa shape index (κ1) is 23.6. The van der Waals surface area contributed by atoms with Crippen LogP contribution in [0.15, 0.2) is 70.2 Å². The molecule has 1 aliphatic heterocycles. The fourth-order valence-electron chi connectivity index (χ4n) is 6.43. The van der Waals surface area contributed by atoms with Crippen molar-refractivity contribution in [2.75, 3.05) is 7.11 Å². The van der Waals surface area contributed by atoms with E-state index in [1.165, 1.54) is 29.4 Å². The number of ether oxygens (including phenoxy) is 1. The summed E-state index contributed by atoms with van der Waals surface area (Å²) in [4.78, 5) is 56.0. The number of Topliss-reactive ketones (excluding diaryl/α,β-unsaturated/α-hetero) is 1. The summed E-state index contributed by atoms with van der Waals surface area (Å²) in [6.45, 7) is 1.85. The average molecular weight is 516 g/mol. The number of para-hydroxylation sites is 1. The summed E-state index contributed by atoms with van der Waals surface area (Å²) in [5.74, 6) is -3.04. The molecule has 37 heavy (non-hydrogen) atoms. The Bertz CT molecular complexity index is 1460. The minimum absolute atomic E-state index is 0.105. The molecule has 8 heteroatoms. The number of likely N-dealkylation sites (tertiary alicyclic amines) is 1. The van der Waals surface area contributed by atoms with Crippen molar-refractivity contribution in [3.63, 3.8) is 0 Å². The highest BCUT2D eigenvalue weighted by Crippen LogP contribution is 2.56. The highest BCUT2D eigenvalue weighted by Gasteiger charge is 2.56. The molecule has 2 amide bonds. The third-order valence-corrected chi connectivity index (χ3v) is 8.97. The Kier molecular flexibility index (Phi) is 5.53. The van der Waals surface area contributed by atoms with Gasteiger partial charge in [0.05, 0.1) is 25.5 Å². The van der Waals surface area contributed by atoms with E-state index >= 15 is 0 Å². The first-order chi connectivity index (χ1) is 17.8. The number of ketones is 2. The number of nitrogens with zero attached hydrogens (tertiary/aromatic N) is 1. The maximum absolute atomic E-state index is 13.7. The predicted octanol–water partition coefficient (Wildman–Crippen LogP) is 4.09. The van der Waals surface area contributed by atoms with Gasteiger partial charge in [0.1, 0.15) is 0 Å². The highest BCUT2D eigenvalue weighted by molar-refractivity contribution is 7.09. The lowest BCUT2D eigenvalue weighted by Crippen LogP contribution is -2.39. The fourth-order valence-corrected chi connectivity index (χ4v) is 7.13. The van der Waals surface area contributed by atoms with Gasteiger partial charge in [0, 0.05) is 33.1 Å². The molecule has 2 heterocycles. The first-order valence-electron chi connectivity index (χ1n) is 12.3. The molecule has 1 N–H and O–H groups in total. The van der Waals surface area contributed by atoms with Crippen LogP contribution in [0.4, 0.5) is 0 Å². The van der Waals surface area contributed by atoms with Gasteiger partial charge in [0.15, 0.2) is 23.1 Å². The number of hydrogen-bond donors (Lipinski definition) is 1. The molecule has 188 valence electrons. The van der Waals surface area contributed by atoms with Crippen molar-refractivity contribution in [1.29, 1.82) is 0 Å². The minimum atomic E-state index is -0.709. The van der Waals surface area contributed by atoms with Gasteiger partial charge >= 0.3 is 0 Å². The van der Waals surface area contributed by atoms with Gasteiger partial charge in [0.25, 0.3) is 0 Å². The Morgan fingerprint density at radius 2 is 1.89 bits per heavy atom. The molecular weight excluding hydrogens is 490 g/mol. The molecule has 1 saturated heterocycles. The molecule has 1 fully saturated rings. The number of thiophene rings is 1. The third kappa shape index (κ3) is 3.46. The molecule has 7 nitrogen and oxygen atoms in total. The van der Waals surface area contributed by atoms with Crippen LogP contribution in [0, 0.1) is 17.8 Å². The zero-order chi connectivity index (χ0) is 26.0. The van der Waals surface area contributed by atoms with Crippen molar-refractivity contribution in [3.8, 4) is 11.5 Å². The van der Waals surface area contributed by atoms with Crippen LogP contribution >= 0.6 is 11.3 Å². The molecule has 2 aromatic rings. The number of imide groups is 1. The molecule has 6 rings (SSSR count). The van der Waals surface area contributed by atoms with Crippen molar-refractivity contribution >= 4 is 34.7 Å². The topological polar surface area (TPSA) is 101 Å². The number of phenolic OH excluding ortho intramolecular Hbond substituents is 1. The normalized spacial score (nSPS) is 27.0. The Labute approximate surface area is 217 Å². The number of amides is 2. The molecule has 4 atom stereocenters. The van der Waals surface area contributed by atoms with Crippen LogP contribution in [0.2, 0.25) is 0 Å². The van der Waals surface area contributed by atoms with E-state index in [0.717, 1.165) is 10.5 Å². The van der Waals surface area contributed by atoms with Crippen molar-refractivity contribution < 1.29 is 29.0 Å². The van der Waals surface area contributed by atoms with E-state index in [9.17, 15) is 24.3 Å². The molecule has 3 aliphatic carbocycles. The van der Waals surface area contributed by atoms with Crippen molar-refractivity contribution in [1.82, 2.24) is 4.90 Å². The summed E-state index contributed by atoms with van der Waals surface area (Å²) in [5, 5.41) is 13.0. The lowest BCUT2D eigenvalue weighted by Gasteiger charge is -2.42. The average Bonchev–Trinajstić information content (AvgIpc) is 3.49.